The van der Waals surface area contributed by atoms with Crippen molar-refractivity contribution in [2.45, 2.75) is 0 Å². The minimum Gasteiger partial charge on any atom is -0.504 e. The lowest BCUT2D eigenvalue weighted by molar-refractivity contribution is 0.313. The molecule has 1 aromatic rings. The molecule has 0 saturated heterocycles. The van der Waals surface area contributed by atoms with Crippen LogP contribution in [0.2, 0.25) is 0 Å². The lowest BCUT2D eigenvalue weighted by Crippen LogP contribution is -2.01. The number of hydrogen-bond acceptors (Lipinski definition) is 5. The maximum absolute atomic E-state index is 8.91. The number of hydrogen-bond donors (Lipinski definition) is 4. The standard InChI is InChI=1S/C6H7NO2.H2O4S/c7-9-6-4-2-1-3-5(6)8;1-5(2,3)4/h1-4,8H,7H2;(H2,1,2,3,4). The Bertz CT molecular complexity index is 368. The van der Waals surface area contributed by atoms with Crippen molar-refractivity contribution in [1.82, 2.24) is 0 Å². The largest absolute Gasteiger partial charge is 0.504 e. The number of benzene rings is 1. The molecule has 0 aliphatic rings. The van der Waals surface area contributed by atoms with Crippen molar-refractivity contribution in [2.75, 3.05) is 0 Å². The fraction of sp³-hybridized carbons (Fsp3) is 0. The molecule has 0 atom stereocenters. The lowest BCUT2D eigenvalue weighted by Gasteiger charge is -1.98. The Morgan fingerprint density at radius 3 is 1.93 bits per heavy atom. The van der Waals surface area contributed by atoms with Gasteiger partial charge in [-0.3, -0.25) is 9.11 Å². The first-order valence-electron chi connectivity index (χ1n) is 3.19. The Morgan fingerprint density at radius 1 is 1.21 bits per heavy atom. The van der Waals surface area contributed by atoms with Crippen LogP contribution in [0.4, 0.5) is 0 Å². The summed E-state index contributed by atoms with van der Waals surface area (Å²) < 4.78 is 31.6. The molecular weight excluding hydrogens is 214 g/mol. The van der Waals surface area contributed by atoms with E-state index in [1.54, 1.807) is 18.2 Å². The van der Waals surface area contributed by atoms with Crippen LogP contribution in [0, 0.1) is 0 Å². The van der Waals surface area contributed by atoms with Gasteiger partial charge in [0, 0.05) is 0 Å². The van der Waals surface area contributed by atoms with E-state index >= 15 is 0 Å². The van der Waals surface area contributed by atoms with Gasteiger partial charge < -0.3 is 9.94 Å². The molecular formula is C6H9NO6S. The fourth-order valence-electron chi connectivity index (χ4n) is 0.557. The van der Waals surface area contributed by atoms with Crippen LogP contribution >= 0.6 is 0 Å². The number of aromatic hydroxyl groups is 1. The minimum absolute atomic E-state index is 0.0556. The molecule has 0 saturated carbocycles. The molecule has 0 radical (unpaired) electrons. The molecule has 0 aliphatic carbocycles. The molecule has 80 valence electrons. The van der Waals surface area contributed by atoms with Gasteiger partial charge in [0.05, 0.1) is 0 Å². The molecule has 1 rings (SSSR count). The first-order valence-corrected chi connectivity index (χ1v) is 4.59. The molecule has 0 unspecified atom stereocenters. The Kier molecular flexibility index (Phi) is 4.87. The molecule has 0 amide bonds. The van der Waals surface area contributed by atoms with E-state index < -0.39 is 10.4 Å². The summed E-state index contributed by atoms with van der Waals surface area (Å²) in [5, 5.41) is 8.91. The van der Waals surface area contributed by atoms with E-state index in [9.17, 15) is 0 Å². The number of rotatable bonds is 1. The van der Waals surface area contributed by atoms with E-state index in [2.05, 4.69) is 4.84 Å². The Morgan fingerprint density at radius 2 is 1.64 bits per heavy atom. The summed E-state index contributed by atoms with van der Waals surface area (Å²) in [4.78, 5) is 4.29. The Hall–Kier alpha value is -1.35. The third-order valence-electron chi connectivity index (χ3n) is 0.992. The highest BCUT2D eigenvalue weighted by Crippen LogP contribution is 2.22. The summed E-state index contributed by atoms with van der Waals surface area (Å²) in [6, 6.07) is 6.50. The van der Waals surface area contributed by atoms with E-state index in [0.717, 1.165) is 0 Å². The highest BCUT2D eigenvalue weighted by molar-refractivity contribution is 7.79. The molecule has 5 N–H and O–H groups in total. The van der Waals surface area contributed by atoms with E-state index in [4.69, 9.17) is 28.5 Å². The average Bonchev–Trinajstić information content (AvgIpc) is 2.02. The lowest BCUT2D eigenvalue weighted by atomic mass is 10.3. The highest BCUT2D eigenvalue weighted by atomic mass is 32.3. The molecule has 1 aromatic carbocycles. The van der Waals surface area contributed by atoms with Gasteiger partial charge in [-0.1, -0.05) is 12.1 Å². The Labute approximate surface area is 80.3 Å². The van der Waals surface area contributed by atoms with Gasteiger partial charge in [0.15, 0.2) is 11.5 Å². The van der Waals surface area contributed by atoms with Gasteiger partial charge in [-0.05, 0) is 12.1 Å². The maximum atomic E-state index is 8.91. The first kappa shape index (κ1) is 12.7. The monoisotopic (exact) mass is 223 g/mol. The van der Waals surface area contributed by atoms with Crippen LogP contribution in [-0.2, 0) is 10.4 Å². The average molecular weight is 223 g/mol. The van der Waals surface area contributed by atoms with Gasteiger partial charge in [0.25, 0.3) is 0 Å². The SMILES string of the molecule is NOc1ccccc1O.O=S(=O)(O)O. The third kappa shape index (κ3) is 7.31. The van der Waals surface area contributed by atoms with Crippen LogP contribution in [0.5, 0.6) is 11.5 Å². The number of phenols is 1. The quantitative estimate of drug-likeness (QED) is 0.389. The van der Waals surface area contributed by atoms with Crippen LogP contribution < -0.4 is 10.7 Å². The number of nitrogens with two attached hydrogens (primary N) is 1. The van der Waals surface area contributed by atoms with E-state index in [-0.39, 0.29) is 11.5 Å². The van der Waals surface area contributed by atoms with Crippen LogP contribution in [0.25, 0.3) is 0 Å². The normalized spacial score (nSPS) is 9.93. The molecule has 7 nitrogen and oxygen atoms in total. The molecule has 8 heteroatoms. The zero-order chi connectivity index (χ0) is 11.2. The second kappa shape index (κ2) is 5.40. The van der Waals surface area contributed by atoms with Gasteiger partial charge >= 0.3 is 10.4 Å². The van der Waals surface area contributed by atoms with Crippen molar-refractivity contribution in [3.8, 4) is 11.5 Å². The summed E-state index contributed by atoms with van der Waals surface area (Å²) in [7, 11) is -4.67. The van der Waals surface area contributed by atoms with Gasteiger partial charge in [0.1, 0.15) is 0 Å². The highest BCUT2D eigenvalue weighted by Gasteiger charge is 1.95. The van der Waals surface area contributed by atoms with Crippen LogP contribution in [-0.4, -0.2) is 22.6 Å². The van der Waals surface area contributed by atoms with Gasteiger partial charge in [0.2, 0.25) is 0 Å². The van der Waals surface area contributed by atoms with E-state index in [0.29, 0.717) is 0 Å². The zero-order valence-corrected chi connectivity index (χ0v) is 7.68. The van der Waals surface area contributed by atoms with Crippen molar-refractivity contribution in [2.24, 2.45) is 5.90 Å². The van der Waals surface area contributed by atoms with Crippen LogP contribution in [0.1, 0.15) is 0 Å². The number of phenolic OH excluding ortho intramolecular Hbond substituents is 1. The van der Waals surface area contributed by atoms with Crippen molar-refractivity contribution < 1.29 is 27.5 Å². The second-order valence-electron chi connectivity index (χ2n) is 2.03. The van der Waals surface area contributed by atoms with Crippen molar-refractivity contribution >= 4 is 10.4 Å². The molecule has 14 heavy (non-hydrogen) atoms. The second-order valence-corrected chi connectivity index (χ2v) is 2.93. The van der Waals surface area contributed by atoms with Crippen molar-refractivity contribution in [3.05, 3.63) is 24.3 Å². The zero-order valence-electron chi connectivity index (χ0n) is 6.86. The van der Waals surface area contributed by atoms with E-state index in [1.807, 2.05) is 0 Å². The topological polar surface area (TPSA) is 130 Å². The predicted octanol–water partition coefficient (Wildman–Crippen LogP) is -0.00810. The summed E-state index contributed by atoms with van der Waals surface area (Å²) in [5.41, 5.74) is 0. The van der Waals surface area contributed by atoms with Gasteiger partial charge in [-0.15, -0.1) is 0 Å². The smallest absolute Gasteiger partial charge is 0.394 e. The van der Waals surface area contributed by atoms with Gasteiger partial charge in [-0.2, -0.15) is 14.3 Å². The van der Waals surface area contributed by atoms with Crippen LogP contribution in [0.3, 0.4) is 0 Å². The molecule has 0 aromatic heterocycles. The third-order valence-corrected chi connectivity index (χ3v) is 0.992. The predicted molar refractivity (Wildman–Crippen MR) is 47.1 cm³/mol. The molecule has 0 aliphatic heterocycles. The van der Waals surface area contributed by atoms with Crippen LogP contribution in [0.15, 0.2) is 24.3 Å². The molecule has 0 spiro atoms. The first-order chi connectivity index (χ1) is 6.34. The maximum Gasteiger partial charge on any atom is 0.394 e. The molecule has 0 heterocycles. The van der Waals surface area contributed by atoms with Gasteiger partial charge in [-0.25, -0.2) is 0 Å². The molecule has 0 bridgehead atoms. The summed E-state index contributed by atoms with van der Waals surface area (Å²) in [5.74, 6) is 5.14. The fourth-order valence-corrected chi connectivity index (χ4v) is 0.557. The van der Waals surface area contributed by atoms with Crippen molar-refractivity contribution in [3.63, 3.8) is 0 Å². The number of para-hydroxylation sites is 2. The minimum atomic E-state index is -4.67. The molecule has 0 fully saturated rings. The van der Waals surface area contributed by atoms with E-state index in [1.165, 1.54) is 6.07 Å². The summed E-state index contributed by atoms with van der Waals surface area (Å²) in [6.45, 7) is 0. The summed E-state index contributed by atoms with van der Waals surface area (Å²) >= 11 is 0. The Balaban J connectivity index is 0.000000292. The van der Waals surface area contributed by atoms with Crippen molar-refractivity contribution in [1.29, 1.82) is 0 Å². The summed E-state index contributed by atoms with van der Waals surface area (Å²) in [6.07, 6.45) is 0.